The molecule has 0 unspecified atom stereocenters. The summed E-state index contributed by atoms with van der Waals surface area (Å²) in [6.07, 6.45) is -0.740. The molecule has 0 bridgehead atoms. The van der Waals surface area contributed by atoms with Crippen LogP contribution >= 0.6 is 0 Å². The van der Waals surface area contributed by atoms with E-state index in [1.165, 1.54) is 6.54 Å². The molecule has 0 spiro atoms. The van der Waals surface area contributed by atoms with Gasteiger partial charge in [0.1, 0.15) is 0 Å². The molecule has 0 aromatic heterocycles. The van der Waals surface area contributed by atoms with Gasteiger partial charge in [0.25, 0.3) is 0 Å². The fourth-order valence-electron chi connectivity index (χ4n) is 1.40. The van der Waals surface area contributed by atoms with E-state index in [0.29, 0.717) is 6.04 Å². The molecule has 1 fully saturated rings. The first-order valence-corrected chi connectivity index (χ1v) is 5.65. The van der Waals surface area contributed by atoms with E-state index in [1.54, 1.807) is 0 Å². The van der Waals surface area contributed by atoms with Gasteiger partial charge in [0, 0.05) is 32.2 Å². The number of carboxylic acid groups (broad SMARTS) is 1. The normalized spacial score (nSPS) is 21.5. The molecule has 1 aliphatic heterocycles. The number of nitrogens with zero attached hydrogens (tertiary/aromatic N) is 1. The summed E-state index contributed by atoms with van der Waals surface area (Å²) < 4.78 is 31.7. The lowest BCUT2D eigenvalue weighted by atomic mass is 10.2. The van der Waals surface area contributed by atoms with Crippen molar-refractivity contribution in [1.82, 2.24) is 10.2 Å². The Labute approximate surface area is 104 Å². The molecule has 1 atom stereocenters. The molecule has 0 aliphatic carbocycles. The van der Waals surface area contributed by atoms with E-state index in [0.717, 1.165) is 19.6 Å². The number of alkyl halides is 3. The van der Waals surface area contributed by atoms with Gasteiger partial charge in [-0.15, -0.1) is 0 Å². The average molecular weight is 268 g/mol. The lowest BCUT2D eigenvalue weighted by Crippen LogP contribution is -2.49. The molecule has 0 saturated carbocycles. The van der Waals surface area contributed by atoms with E-state index < -0.39 is 12.1 Å². The molecular formula is C11H19F3N2O2. The van der Waals surface area contributed by atoms with Crippen LogP contribution in [0.15, 0.2) is 12.2 Å². The Morgan fingerprint density at radius 3 is 2.50 bits per heavy atom. The number of aliphatic carboxylic acids is 1. The zero-order valence-corrected chi connectivity index (χ0v) is 10.5. The van der Waals surface area contributed by atoms with Gasteiger partial charge in [-0.1, -0.05) is 12.2 Å². The topological polar surface area (TPSA) is 52.6 Å². The summed E-state index contributed by atoms with van der Waals surface area (Å²) in [6, 6.07) is 0.694. The fourth-order valence-corrected chi connectivity index (χ4v) is 1.40. The number of halogens is 3. The molecule has 1 aliphatic rings. The highest BCUT2D eigenvalue weighted by molar-refractivity contribution is 5.73. The Morgan fingerprint density at radius 1 is 1.56 bits per heavy atom. The van der Waals surface area contributed by atoms with Crippen molar-refractivity contribution >= 4 is 5.97 Å². The zero-order valence-electron chi connectivity index (χ0n) is 10.5. The standard InChI is InChI=1S/C9H18N2.C2HF3O2/c1-3-4-6-11-7-5-10-8-9(11)2;3-2(4,5)1(6)7/h3-4,9-10H,5-8H2,1-2H3;(H,6,7)/t9-;/m0./s1. The minimum Gasteiger partial charge on any atom is -0.475 e. The Kier molecular flexibility index (Phi) is 7.61. The van der Waals surface area contributed by atoms with E-state index in [9.17, 15) is 13.2 Å². The molecule has 4 nitrogen and oxygen atoms in total. The smallest absolute Gasteiger partial charge is 0.475 e. The van der Waals surface area contributed by atoms with E-state index in [-0.39, 0.29) is 0 Å². The molecule has 0 aromatic rings. The van der Waals surface area contributed by atoms with Crippen LogP contribution in [0, 0.1) is 0 Å². The molecule has 0 aromatic carbocycles. The van der Waals surface area contributed by atoms with Crippen LogP contribution < -0.4 is 5.32 Å². The molecule has 7 heteroatoms. The van der Waals surface area contributed by atoms with Gasteiger partial charge in [-0.3, -0.25) is 4.90 Å². The van der Waals surface area contributed by atoms with Crippen LogP contribution in [0.3, 0.4) is 0 Å². The van der Waals surface area contributed by atoms with Crippen LogP contribution in [0.5, 0.6) is 0 Å². The summed E-state index contributed by atoms with van der Waals surface area (Å²) in [5.41, 5.74) is 0. The van der Waals surface area contributed by atoms with Gasteiger partial charge in [-0.25, -0.2) is 4.79 Å². The third kappa shape index (κ3) is 7.29. The van der Waals surface area contributed by atoms with Gasteiger partial charge in [0.2, 0.25) is 0 Å². The highest BCUT2D eigenvalue weighted by Crippen LogP contribution is 2.13. The summed E-state index contributed by atoms with van der Waals surface area (Å²) in [5, 5.41) is 10.5. The Bertz CT molecular complexity index is 280. The van der Waals surface area contributed by atoms with Crippen molar-refractivity contribution in [3.05, 3.63) is 12.2 Å². The van der Waals surface area contributed by atoms with Crippen LogP contribution in [0.1, 0.15) is 13.8 Å². The summed E-state index contributed by atoms with van der Waals surface area (Å²) in [6.45, 7) is 8.92. The van der Waals surface area contributed by atoms with Crippen molar-refractivity contribution in [2.75, 3.05) is 26.2 Å². The zero-order chi connectivity index (χ0) is 14.2. The molecule has 1 rings (SSSR count). The van der Waals surface area contributed by atoms with E-state index in [2.05, 4.69) is 36.2 Å². The van der Waals surface area contributed by atoms with Crippen LogP contribution in [0.4, 0.5) is 13.2 Å². The number of piperazine rings is 1. The van der Waals surface area contributed by atoms with Crippen molar-refractivity contribution in [1.29, 1.82) is 0 Å². The molecular weight excluding hydrogens is 249 g/mol. The summed E-state index contributed by atoms with van der Waals surface area (Å²) in [7, 11) is 0. The van der Waals surface area contributed by atoms with Gasteiger partial charge in [0.15, 0.2) is 0 Å². The van der Waals surface area contributed by atoms with Crippen LogP contribution in [-0.2, 0) is 4.79 Å². The second kappa shape index (κ2) is 8.10. The number of nitrogens with one attached hydrogen (secondary N) is 1. The molecule has 0 radical (unpaired) electrons. The predicted molar refractivity (Wildman–Crippen MR) is 62.4 cm³/mol. The first-order chi connectivity index (χ1) is 8.29. The van der Waals surface area contributed by atoms with Gasteiger partial charge < -0.3 is 10.4 Å². The van der Waals surface area contributed by atoms with Gasteiger partial charge in [0.05, 0.1) is 0 Å². The third-order valence-electron chi connectivity index (χ3n) is 2.46. The summed E-state index contributed by atoms with van der Waals surface area (Å²) >= 11 is 0. The Morgan fingerprint density at radius 2 is 2.11 bits per heavy atom. The minimum absolute atomic E-state index is 0.694. The first kappa shape index (κ1) is 16.9. The van der Waals surface area contributed by atoms with Crippen LogP contribution in [0.2, 0.25) is 0 Å². The predicted octanol–water partition coefficient (Wildman–Crippen LogP) is 1.49. The van der Waals surface area contributed by atoms with E-state index in [4.69, 9.17) is 9.90 Å². The molecule has 106 valence electrons. The highest BCUT2D eigenvalue weighted by Gasteiger charge is 2.38. The number of carbonyl (C=O) groups is 1. The fraction of sp³-hybridized carbons (Fsp3) is 0.727. The van der Waals surface area contributed by atoms with Crippen molar-refractivity contribution in [2.45, 2.75) is 26.1 Å². The van der Waals surface area contributed by atoms with Crippen molar-refractivity contribution in [2.24, 2.45) is 0 Å². The third-order valence-corrected chi connectivity index (χ3v) is 2.46. The largest absolute Gasteiger partial charge is 0.490 e. The second-order valence-electron chi connectivity index (χ2n) is 3.92. The monoisotopic (exact) mass is 268 g/mol. The second-order valence-corrected chi connectivity index (χ2v) is 3.92. The molecule has 18 heavy (non-hydrogen) atoms. The van der Waals surface area contributed by atoms with Gasteiger partial charge in [-0.2, -0.15) is 13.2 Å². The maximum absolute atomic E-state index is 10.6. The number of hydrogen-bond donors (Lipinski definition) is 2. The highest BCUT2D eigenvalue weighted by atomic mass is 19.4. The van der Waals surface area contributed by atoms with E-state index in [1.807, 2.05) is 0 Å². The molecule has 1 saturated heterocycles. The van der Waals surface area contributed by atoms with E-state index >= 15 is 0 Å². The maximum Gasteiger partial charge on any atom is 0.490 e. The Balaban J connectivity index is 0.000000360. The summed E-state index contributed by atoms with van der Waals surface area (Å²) in [4.78, 5) is 11.4. The van der Waals surface area contributed by atoms with Crippen LogP contribution in [-0.4, -0.2) is 54.4 Å². The average Bonchev–Trinajstić information content (AvgIpc) is 2.27. The number of rotatable bonds is 2. The molecule has 2 N–H and O–H groups in total. The van der Waals surface area contributed by atoms with Crippen molar-refractivity contribution < 1.29 is 23.1 Å². The lowest BCUT2D eigenvalue weighted by Gasteiger charge is -2.32. The number of allylic oxidation sites excluding steroid dienone is 1. The lowest BCUT2D eigenvalue weighted by molar-refractivity contribution is -0.192. The van der Waals surface area contributed by atoms with Crippen molar-refractivity contribution in [3.8, 4) is 0 Å². The van der Waals surface area contributed by atoms with Gasteiger partial charge in [-0.05, 0) is 13.8 Å². The Hall–Kier alpha value is -1.08. The van der Waals surface area contributed by atoms with Crippen LogP contribution in [0.25, 0.3) is 0 Å². The number of carboxylic acids is 1. The summed E-state index contributed by atoms with van der Waals surface area (Å²) in [5.74, 6) is -2.76. The molecule has 0 amide bonds. The SMILES string of the molecule is CC=CCN1CCNC[C@@H]1C.O=C(O)C(F)(F)F. The first-order valence-electron chi connectivity index (χ1n) is 5.65. The minimum atomic E-state index is -5.08. The quantitative estimate of drug-likeness (QED) is 0.745. The van der Waals surface area contributed by atoms with Crippen molar-refractivity contribution in [3.63, 3.8) is 0 Å². The maximum atomic E-state index is 10.6. The molecule has 1 heterocycles. The number of hydrogen-bond acceptors (Lipinski definition) is 3. The van der Waals surface area contributed by atoms with Gasteiger partial charge >= 0.3 is 12.1 Å².